The minimum Gasteiger partial charge on any atom is -0.385 e. The maximum Gasteiger partial charge on any atom is 0.126 e. The monoisotopic (exact) mass is 225 g/mol. The molecule has 0 amide bonds. The zero-order valence-electron chi connectivity index (χ0n) is 10.2. The number of methoxy groups -OCH3 is 1. The lowest BCUT2D eigenvalue weighted by Crippen LogP contribution is -2.20. The van der Waals surface area contributed by atoms with Crippen molar-refractivity contribution in [3.63, 3.8) is 0 Å². The van der Waals surface area contributed by atoms with E-state index in [1.165, 1.54) is 6.07 Å². The number of halogens is 1. The molecule has 1 rings (SSSR count). The molecule has 0 saturated carbocycles. The van der Waals surface area contributed by atoms with Crippen LogP contribution in [0.25, 0.3) is 0 Å². The van der Waals surface area contributed by atoms with Gasteiger partial charge in [0.05, 0.1) is 0 Å². The molecule has 0 heterocycles. The quantitative estimate of drug-likeness (QED) is 0.836. The highest BCUT2D eigenvalue weighted by atomic mass is 19.1. The second-order valence-electron chi connectivity index (χ2n) is 4.29. The lowest BCUT2D eigenvalue weighted by atomic mass is 9.92. The standard InChI is InChI=1S/C13H20FNO/c1-9-4-5-11(8-12(9)14)13(15)10(2)6-7-16-3/h4-5,8,10,13H,6-7,15H2,1-3H3. The lowest BCUT2D eigenvalue weighted by molar-refractivity contribution is 0.174. The van der Waals surface area contributed by atoms with E-state index >= 15 is 0 Å². The highest BCUT2D eigenvalue weighted by Crippen LogP contribution is 2.23. The Hall–Kier alpha value is -0.930. The number of rotatable bonds is 5. The van der Waals surface area contributed by atoms with Gasteiger partial charge in [0.2, 0.25) is 0 Å². The van der Waals surface area contributed by atoms with Crippen molar-refractivity contribution in [3.05, 3.63) is 35.1 Å². The predicted octanol–water partition coefficient (Wildman–Crippen LogP) is 2.81. The molecule has 0 saturated heterocycles. The van der Waals surface area contributed by atoms with E-state index in [0.29, 0.717) is 12.2 Å². The van der Waals surface area contributed by atoms with Crippen molar-refractivity contribution in [3.8, 4) is 0 Å². The van der Waals surface area contributed by atoms with Gasteiger partial charge in [0.15, 0.2) is 0 Å². The van der Waals surface area contributed by atoms with E-state index in [4.69, 9.17) is 10.5 Å². The van der Waals surface area contributed by atoms with E-state index < -0.39 is 0 Å². The van der Waals surface area contributed by atoms with Crippen LogP contribution in [0.2, 0.25) is 0 Å². The SMILES string of the molecule is COCCC(C)C(N)c1ccc(C)c(F)c1. The minimum atomic E-state index is -0.188. The van der Waals surface area contributed by atoms with Crippen LogP contribution >= 0.6 is 0 Å². The van der Waals surface area contributed by atoms with E-state index in [1.54, 1.807) is 20.1 Å². The topological polar surface area (TPSA) is 35.2 Å². The van der Waals surface area contributed by atoms with E-state index in [-0.39, 0.29) is 17.8 Å². The van der Waals surface area contributed by atoms with Crippen LogP contribution in [0.1, 0.15) is 30.5 Å². The average Bonchev–Trinajstić information content (AvgIpc) is 2.28. The largest absolute Gasteiger partial charge is 0.385 e. The summed E-state index contributed by atoms with van der Waals surface area (Å²) in [6.07, 6.45) is 0.882. The van der Waals surface area contributed by atoms with Crippen molar-refractivity contribution in [1.29, 1.82) is 0 Å². The van der Waals surface area contributed by atoms with Gasteiger partial charge in [-0.3, -0.25) is 0 Å². The Morgan fingerprint density at radius 2 is 2.12 bits per heavy atom. The summed E-state index contributed by atoms with van der Waals surface area (Å²) in [5, 5.41) is 0. The van der Waals surface area contributed by atoms with Crippen LogP contribution in [-0.2, 0) is 4.74 Å². The highest BCUT2D eigenvalue weighted by molar-refractivity contribution is 5.25. The van der Waals surface area contributed by atoms with Crippen LogP contribution in [0.4, 0.5) is 4.39 Å². The average molecular weight is 225 g/mol. The Bertz CT molecular complexity index is 341. The molecule has 0 aliphatic carbocycles. The molecular weight excluding hydrogens is 205 g/mol. The van der Waals surface area contributed by atoms with Gasteiger partial charge < -0.3 is 10.5 Å². The molecule has 1 aromatic carbocycles. The van der Waals surface area contributed by atoms with E-state index in [0.717, 1.165) is 12.0 Å². The van der Waals surface area contributed by atoms with Gasteiger partial charge in [0.25, 0.3) is 0 Å². The van der Waals surface area contributed by atoms with Crippen LogP contribution < -0.4 is 5.73 Å². The molecule has 2 atom stereocenters. The van der Waals surface area contributed by atoms with Gasteiger partial charge in [0, 0.05) is 19.8 Å². The smallest absolute Gasteiger partial charge is 0.126 e. The van der Waals surface area contributed by atoms with E-state index in [2.05, 4.69) is 6.92 Å². The number of ether oxygens (including phenoxy) is 1. The fourth-order valence-electron chi connectivity index (χ4n) is 1.63. The van der Waals surface area contributed by atoms with Crippen molar-refractivity contribution in [2.45, 2.75) is 26.3 Å². The van der Waals surface area contributed by atoms with Gasteiger partial charge in [-0.25, -0.2) is 4.39 Å². The van der Waals surface area contributed by atoms with Crippen LogP contribution in [-0.4, -0.2) is 13.7 Å². The van der Waals surface area contributed by atoms with Crippen LogP contribution in [0.15, 0.2) is 18.2 Å². The summed E-state index contributed by atoms with van der Waals surface area (Å²) in [6, 6.07) is 5.06. The maximum atomic E-state index is 13.4. The summed E-state index contributed by atoms with van der Waals surface area (Å²) in [6.45, 7) is 4.49. The van der Waals surface area contributed by atoms with Crippen molar-refractivity contribution >= 4 is 0 Å². The fourth-order valence-corrected chi connectivity index (χ4v) is 1.63. The zero-order valence-corrected chi connectivity index (χ0v) is 10.2. The molecule has 0 spiro atoms. The molecular formula is C13H20FNO. The van der Waals surface area contributed by atoms with Gasteiger partial charge in [-0.1, -0.05) is 19.1 Å². The molecule has 0 aliphatic heterocycles. The molecule has 2 N–H and O–H groups in total. The van der Waals surface area contributed by atoms with Crippen LogP contribution in [0.5, 0.6) is 0 Å². The second kappa shape index (κ2) is 5.97. The Morgan fingerprint density at radius 1 is 1.44 bits per heavy atom. The molecule has 0 aliphatic rings. The van der Waals surface area contributed by atoms with Crippen molar-refractivity contribution < 1.29 is 9.13 Å². The molecule has 1 aromatic rings. The first-order valence-corrected chi connectivity index (χ1v) is 5.56. The van der Waals surface area contributed by atoms with Gasteiger partial charge in [0.1, 0.15) is 5.82 Å². The van der Waals surface area contributed by atoms with Crippen LogP contribution in [0.3, 0.4) is 0 Å². The number of hydrogen-bond donors (Lipinski definition) is 1. The van der Waals surface area contributed by atoms with Gasteiger partial charge in [-0.2, -0.15) is 0 Å². The summed E-state index contributed by atoms with van der Waals surface area (Å²) in [5.74, 6) is 0.0916. The maximum absolute atomic E-state index is 13.4. The molecule has 2 unspecified atom stereocenters. The Kier molecular flexibility index (Phi) is 4.90. The zero-order chi connectivity index (χ0) is 12.1. The summed E-state index contributed by atoms with van der Waals surface area (Å²) in [5.41, 5.74) is 7.58. The number of aryl methyl sites for hydroxylation is 1. The lowest BCUT2D eigenvalue weighted by Gasteiger charge is -2.20. The van der Waals surface area contributed by atoms with Crippen LogP contribution in [0, 0.1) is 18.7 Å². The van der Waals surface area contributed by atoms with E-state index in [1.807, 2.05) is 6.07 Å². The number of hydrogen-bond acceptors (Lipinski definition) is 2. The molecule has 2 nitrogen and oxygen atoms in total. The Labute approximate surface area is 96.6 Å². The van der Waals surface area contributed by atoms with Gasteiger partial charge >= 0.3 is 0 Å². The molecule has 3 heteroatoms. The summed E-state index contributed by atoms with van der Waals surface area (Å²) in [7, 11) is 1.67. The molecule has 0 bridgehead atoms. The molecule has 16 heavy (non-hydrogen) atoms. The third kappa shape index (κ3) is 3.29. The normalized spacial score (nSPS) is 14.8. The van der Waals surface area contributed by atoms with E-state index in [9.17, 15) is 4.39 Å². The van der Waals surface area contributed by atoms with Gasteiger partial charge in [-0.15, -0.1) is 0 Å². The summed E-state index contributed by atoms with van der Waals surface area (Å²) in [4.78, 5) is 0. The fraction of sp³-hybridized carbons (Fsp3) is 0.538. The third-order valence-electron chi connectivity index (χ3n) is 2.97. The molecule has 0 fully saturated rings. The highest BCUT2D eigenvalue weighted by Gasteiger charge is 2.15. The predicted molar refractivity (Wildman–Crippen MR) is 63.7 cm³/mol. The minimum absolute atomic E-state index is 0.134. The molecule has 0 aromatic heterocycles. The summed E-state index contributed by atoms with van der Waals surface area (Å²) >= 11 is 0. The van der Waals surface area contributed by atoms with Crippen molar-refractivity contribution in [2.75, 3.05) is 13.7 Å². The first-order valence-electron chi connectivity index (χ1n) is 5.56. The summed E-state index contributed by atoms with van der Waals surface area (Å²) < 4.78 is 18.4. The third-order valence-corrected chi connectivity index (χ3v) is 2.97. The Balaban J connectivity index is 2.71. The van der Waals surface area contributed by atoms with Gasteiger partial charge in [-0.05, 0) is 36.5 Å². The second-order valence-corrected chi connectivity index (χ2v) is 4.29. The number of nitrogens with two attached hydrogens (primary N) is 1. The first kappa shape index (κ1) is 13.1. The van der Waals surface area contributed by atoms with Crippen molar-refractivity contribution in [1.82, 2.24) is 0 Å². The molecule has 90 valence electrons. The van der Waals surface area contributed by atoms with Crippen molar-refractivity contribution in [2.24, 2.45) is 11.7 Å². The first-order chi connectivity index (χ1) is 7.56. The number of benzene rings is 1. The molecule has 0 radical (unpaired) electrons. The Morgan fingerprint density at radius 3 is 2.69 bits per heavy atom.